The zero-order valence-corrected chi connectivity index (χ0v) is 11.7. The van der Waals surface area contributed by atoms with E-state index in [2.05, 4.69) is 5.32 Å². The minimum Gasteiger partial charge on any atom is -0.478 e. The number of carboxylic acids is 1. The van der Waals surface area contributed by atoms with Gasteiger partial charge in [0.25, 0.3) is 5.91 Å². The highest BCUT2D eigenvalue weighted by Gasteiger charge is 2.11. The number of nitrogens with one attached hydrogen (secondary N) is 1. The molecule has 1 amide bonds. The average Bonchev–Trinajstić information content (AvgIpc) is 2.90. The summed E-state index contributed by atoms with van der Waals surface area (Å²) in [5.41, 5.74) is 0.392. The highest BCUT2D eigenvalue weighted by Crippen LogP contribution is 2.14. The Labute approximate surface area is 126 Å². The molecular weight excluding hydrogens is 284 g/mol. The minimum absolute atomic E-state index is 0.111. The SMILES string of the molecule is Cc1ccc(/C=C(\C#N)C(=O)Nc2ccc(C(=O)O)cc2)o1. The summed E-state index contributed by atoms with van der Waals surface area (Å²) in [5, 5.41) is 20.4. The molecule has 0 fully saturated rings. The number of carbonyl (C=O) groups is 2. The first-order valence-electron chi connectivity index (χ1n) is 6.32. The Morgan fingerprint density at radius 2 is 1.91 bits per heavy atom. The van der Waals surface area contributed by atoms with Crippen molar-refractivity contribution in [3.63, 3.8) is 0 Å². The summed E-state index contributed by atoms with van der Waals surface area (Å²) in [6.45, 7) is 1.76. The summed E-state index contributed by atoms with van der Waals surface area (Å²) >= 11 is 0. The monoisotopic (exact) mass is 296 g/mol. The van der Waals surface area contributed by atoms with Gasteiger partial charge in [-0.15, -0.1) is 0 Å². The van der Waals surface area contributed by atoms with Gasteiger partial charge in [-0.05, 0) is 43.3 Å². The molecule has 0 spiro atoms. The van der Waals surface area contributed by atoms with Crippen molar-refractivity contribution in [3.05, 3.63) is 59.1 Å². The highest BCUT2D eigenvalue weighted by molar-refractivity contribution is 6.09. The van der Waals surface area contributed by atoms with E-state index in [-0.39, 0.29) is 11.1 Å². The number of benzene rings is 1. The molecule has 1 heterocycles. The average molecular weight is 296 g/mol. The van der Waals surface area contributed by atoms with E-state index in [0.717, 1.165) is 0 Å². The normalized spacial score (nSPS) is 10.8. The number of aromatic carboxylic acids is 1. The number of rotatable bonds is 4. The maximum absolute atomic E-state index is 12.0. The predicted octanol–water partition coefficient (Wildman–Crippen LogP) is 2.83. The summed E-state index contributed by atoms with van der Waals surface area (Å²) in [6.07, 6.45) is 1.34. The number of anilines is 1. The van der Waals surface area contributed by atoms with Crippen molar-refractivity contribution in [2.24, 2.45) is 0 Å². The van der Waals surface area contributed by atoms with Gasteiger partial charge in [0.05, 0.1) is 5.56 Å². The van der Waals surface area contributed by atoms with Gasteiger partial charge in [0.1, 0.15) is 23.2 Å². The van der Waals surface area contributed by atoms with Crippen LogP contribution in [0.15, 0.2) is 46.4 Å². The largest absolute Gasteiger partial charge is 0.478 e. The minimum atomic E-state index is -1.05. The maximum atomic E-state index is 12.0. The zero-order chi connectivity index (χ0) is 16.1. The van der Waals surface area contributed by atoms with Crippen molar-refractivity contribution in [3.8, 4) is 6.07 Å². The van der Waals surface area contributed by atoms with E-state index < -0.39 is 11.9 Å². The van der Waals surface area contributed by atoms with E-state index in [1.165, 1.54) is 30.3 Å². The van der Waals surface area contributed by atoms with E-state index in [1.807, 2.05) is 0 Å². The molecule has 0 saturated carbocycles. The molecule has 2 N–H and O–H groups in total. The number of carboxylic acid groups (broad SMARTS) is 1. The molecule has 22 heavy (non-hydrogen) atoms. The second-order valence-corrected chi connectivity index (χ2v) is 4.45. The predicted molar refractivity (Wildman–Crippen MR) is 79.1 cm³/mol. The number of nitriles is 1. The molecule has 6 heteroatoms. The Hall–Kier alpha value is -3.33. The van der Waals surface area contributed by atoms with E-state index in [9.17, 15) is 9.59 Å². The van der Waals surface area contributed by atoms with Gasteiger partial charge in [-0.2, -0.15) is 5.26 Å². The molecular formula is C16H12N2O4. The Morgan fingerprint density at radius 1 is 1.23 bits per heavy atom. The molecule has 0 bridgehead atoms. The van der Waals surface area contributed by atoms with Gasteiger partial charge in [0, 0.05) is 11.8 Å². The molecule has 1 aromatic carbocycles. The first kappa shape index (κ1) is 15.1. The summed E-state index contributed by atoms with van der Waals surface area (Å²) in [4.78, 5) is 22.8. The van der Waals surface area contributed by atoms with Crippen LogP contribution in [0.25, 0.3) is 6.08 Å². The fourth-order valence-corrected chi connectivity index (χ4v) is 1.72. The summed E-state index contributed by atoms with van der Waals surface area (Å²) in [6, 6.07) is 10.8. The van der Waals surface area contributed by atoms with Crippen LogP contribution in [0.1, 0.15) is 21.9 Å². The van der Waals surface area contributed by atoms with Crippen molar-refractivity contribution in [2.45, 2.75) is 6.92 Å². The van der Waals surface area contributed by atoms with Gasteiger partial charge in [-0.25, -0.2) is 4.79 Å². The third kappa shape index (κ3) is 3.61. The number of carbonyl (C=O) groups excluding carboxylic acids is 1. The first-order chi connectivity index (χ1) is 10.5. The topological polar surface area (TPSA) is 103 Å². The number of furan rings is 1. The molecule has 0 unspecified atom stereocenters. The Bertz CT molecular complexity index is 779. The fourth-order valence-electron chi connectivity index (χ4n) is 1.72. The molecule has 2 rings (SSSR count). The smallest absolute Gasteiger partial charge is 0.335 e. The van der Waals surface area contributed by atoms with Crippen molar-refractivity contribution in [2.75, 3.05) is 5.32 Å². The van der Waals surface area contributed by atoms with Gasteiger partial charge in [-0.1, -0.05) is 0 Å². The lowest BCUT2D eigenvalue weighted by Gasteiger charge is -2.04. The van der Waals surface area contributed by atoms with Crippen LogP contribution in [0.5, 0.6) is 0 Å². The van der Waals surface area contributed by atoms with Crippen molar-refractivity contribution < 1.29 is 19.1 Å². The van der Waals surface area contributed by atoms with E-state index in [1.54, 1.807) is 25.1 Å². The molecule has 0 aliphatic heterocycles. The van der Waals surface area contributed by atoms with Crippen molar-refractivity contribution in [1.82, 2.24) is 0 Å². The van der Waals surface area contributed by atoms with Gasteiger partial charge in [0.15, 0.2) is 0 Å². The van der Waals surface area contributed by atoms with E-state index in [0.29, 0.717) is 17.2 Å². The lowest BCUT2D eigenvalue weighted by Crippen LogP contribution is -2.13. The zero-order valence-electron chi connectivity index (χ0n) is 11.7. The molecule has 0 saturated heterocycles. The summed E-state index contributed by atoms with van der Waals surface area (Å²) < 4.78 is 5.29. The molecule has 0 atom stereocenters. The molecule has 0 aliphatic carbocycles. The number of amides is 1. The molecule has 0 radical (unpaired) electrons. The van der Waals surface area contributed by atoms with E-state index in [4.69, 9.17) is 14.8 Å². The van der Waals surface area contributed by atoms with Crippen molar-refractivity contribution >= 4 is 23.6 Å². The van der Waals surface area contributed by atoms with Crippen LogP contribution in [-0.2, 0) is 4.79 Å². The number of nitrogens with zero attached hydrogens (tertiary/aromatic N) is 1. The lowest BCUT2D eigenvalue weighted by atomic mass is 10.2. The lowest BCUT2D eigenvalue weighted by molar-refractivity contribution is -0.112. The first-order valence-corrected chi connectivity index (χ1v) is 6.32. The van der Waals surface area contributed by atoms with Gasteiger partial charge in [-0.3, -0.25) is 4.79 Å². The van der Waals surface area contributed by atoms with Crippen LogP contribution in [0, 0.1) is 18.3 Å². The van der Waals surface area contributed by atoms with Crippen LogP contribution in [0.4, 0.5) is 5.69 Å². The number of aryl methyl sites for hydroxylation is 1. The standard InChI is InChI=1S/C16H12N2O4/c1-10-2-7-14(22-10)8-12(9-17)15(19)18-13-5-3-11(4-6-13)16(20)21/h2-8H,1H3,(H,18,19)(H,20,21)/b12-8+. The highest BCUT2D eigenvalue weighted by atomic mass is 16.4. The van der Waals surface area contributed by atoms with Crippen LogP contribution in [0.2, 0.25) is 0 Å². The molecule has 2 aromatic rings. The van der Waals surface area contributed by atoms with Crippen LogP contribution >= 0.6 is 0 Å². The maximum Gasteiger partial charge on any atom is 0.335 e. The molecule has 110 valence electrons. The van der Waals surface area contributed by atoms with E-state index >= 15 is 0 Å². The van der Waals surface area contributed by atoms with Crippen LogP contribution in [-0.4, -0.2) is 17.0 Å². The molecule has 6 nitrogen and oxygen atoms in total. The van der Waals surface area contributed by atoms with Gasteiger partial charge < -0.3 is 14.8 Å². The van der Waals surface area contributed by atoms with Gasteiger partial charge in [0.2, 0.25) is 0 Å². The third-order valence-electron chi connectivity index (χ3n) is 2.80. The molecule has 0 aliphatic rings. The fraction of sp³-hybridized carbons (Fsp3) is 0.0625. The summed E-state index contributed by atoms with van der Waals surface area (Å²) in [7, 11) is 0. The Morgan fingerprint density at radius 3 is 2.41 bits per heavy atom. The molecule has 1 aromatic heterocycles. The Kier molecular flexibility index (Phi) is 4.39. The van der Waals surface area contributed by atoms with Crippen LogP contribution < -0.4 is 5.32 Å². The Balaban J connectivity index is 2.14. The third-order valence-corrected chi connectivity index (χ3v) is 2.80. The second kappa shape index (κ2) is 6.41. The summed E-state index contributed by atoms with van der Waals surface area (Å²) in [5.74, 6) is -0.568. The van der Waals surface area contributed by atoms with Crippen LogP contribution in [0.3, 0.4) is 0 Å². The van der Waals surface area contributed by atoms with Gasteiger partial charge >= 0.3 is 5.97 Å². The van der Waals surface area contributed by atoms with Crippen molar-refractivity contribution in [1.29, 1.82) is 5.26 Å². The second-order valence-electron chi connectivity index (χ2n) is 4.45. The quantitative estimate of drug-likeness (QED) is 0.667. The number of hydrogen-bond donors (Lipinski definition) is 2. The number of hydrogen-bond acceptors (Lipinski definition) is 4.